The number of carbonyl (C=O) groups excluding carboxylic acids is 2. The van der Waals surface area contributed by atoms with E-state index in [2.05, 4.69) is 4.74 Å². The number of halogens is 3. The minimum absolute atomic E-state index is 0.0773. The van der Waals surface area contributed by atoms with Crippen molar-refractivity contribution in [3.63, 3.8) is 0 Å². The Kier molecular flexibility index (Phi) is 5.64. The maximum absolute atomic E-state index is 13.9. The molecule has 2 aromatic carbocycles. The number of carbonyl (C=O) groups is 2. The van der Waals surface area contributed by atoms with Gasteiger partial charge in [-0.05, 0) is 41.8 Å². The lowest BCUT2D eigenvalue weighted by atomic mass is 9.70. The fourth-order valence-electron chi connectivity index (χ4n) is 4.65. The second kappa shape index (κ2) is 7.86. The number of rotatable bonds is 3. The van der Waals surface area contributed by atoms with Crippen LogP contribution in [0.5, 0.6) is 0 Å². The maximum Gasteiger partial charge on any atom is 0.443 e. The Balaban J connectivity index is 1.91. The monoisotopic (exact) mass is 468 g/mol. The summed E-state index contributed by atoms with van der Waals surface area (Å²) >= 11 is 0.685. The molecule has 0 radical (unpaired) electrons. The quantitative estimate of drug-likeness (QED) is 0.501. The van der Waals surface area contributed by atoms with E-state index in [4.69, 9.17) is 0 Å². The first-order valence-corrected chi connectivity index (χ1v) is 11.2. The molecule has 1 N–H and O–H groups in total. The van der Waals surface area contributed by atoms with Crippen LogP contribution in [-0.2, 0) is 14.3 Å². The molecule has 4 rings (SSSR count). The molecular formula is C22H19F3O4S2. The molecule has 1 saturated carbocycles. The molecule has 1 aliphatic heterocycles. The van der Waals surface area contributed by atoms with Gasteiger partial charge in [0.15, 0.2) is 10.5 Å². The van der Waals surface area contributed by atoms with Gasteiger partial charge in [-0.2, -0.15) is 13.2 Å². The average Bonchev–Trinajstić information content (AvgIpc) is 3.03. The van der Waals surface area contributed by atoms with Gasteiger partial charge in [0.05, 0.1) is 18.6 Å². The van der Waals surface area contributed by atoms with Crippen molar-refractivity contribution in [2.45, 2.75) is 39.3 Å². The summed E-state index contributed by atoms with van der Waals surface area (Å²) in [6.07, 6.45) is -1.80. The summed E-state index contributed by atoms with van der Waals surface area (Å²) in [5.41, 5.74) is -5.26. The van der Waals surface area contributed by atoms with Gasteiger partial charge in [0.2, 0.25) is 0 Å². The van der Waals surface area contributed by atoms with E-state index in [9.17, 15) is 27.9 Å². The zero-order valence-electron chi connectivity index (χ0n) is 16.4. The number of Topliss-reactive ketones (excluding diaryl/α,β-unsaturated/α-hetero) is 1. The number of aliphatic hydroxyl groups excluding tert-OH is 1. The zero-order valence-corrected chi connectivity index (χ0v) is 18.0. The highest BCUT2D eigenvalue weighted by molar-refractivity contribution is 8.03. The van der Waals surface area contributed by atoms with E-state index < -0.39 is 50.5 Å². The topological polar surface area (TPSA) is 63.6 Å². The van der Waals surface area contributed by atoms with Crippen LogP contribution < -0.4 is 0 Å². The first-order chi connectivity index (χ1) is 14.7. The largest absolute Gasteiger partial charge is 0.468 e. The number of hydrogen-bond acceptors (Lipinski definition) is 6. The van der Waals surface area contributed by atoms with Crippen LogP contribution in [0.1, 0.15) is 35.3 Å². The SMILES string of the molecule is COC(=O)[C@]1(SC(F)(F)F)CC[C@@]2(C1=O)[C@@H](O)c1ccccc1S[C@H]2c1ccccc1. The first kappa shape index (κ1) is 22.2. The van der Waals surface area contributed by atoms with Crippen molar-refractivity contribution in [1.82, 2.24) is 0 Å². The predicted molar refractivity (Wildman–Crippen MR) is 112 cm³/mol. The Bertz CT molecular complexity index is 1010. The van der Waals surface area contributed by atoms with Crippen molar-refractivity contribution in [2.75, 3.05) is 7.11 Å². The lowest BCUT2D eigenvalue weighted by Crippen LogP contribution is -2.51. The Morgan fingerprint density at radius 1 is 1.13 bits per heavy atom. The molecular weight excluding hydrogens is 449 g/mol. The van der Waals surface area contributed by atoms with E-state index in [-0.39, 0.29) is 12.8 Å². The van der Waals surface area contributed by atoms with E-state index in [0.29, 0.717) is 11.1 Å². The molecule has 0 amide bonds. The summed E-state index contributed by atoms with van der Waals surface area (Å²) in [5.74, 6) is -2.17. The van der Waals surface area contributed by atoms with Crippen LogP contribution in [0.3, 0.4) is 0 Å². The predicted octanol–water partition coefficient (Wildman–Crippen LogP) is 5.08. The van der Waals surface area contributed by atoms with Crippen LogP contribution in [0.25, 0.3) is 0 Å². The van der Waals surface area contributed by atoms with Crippen LogP contribution in [0.15, 0.2) is 59.5 Å². The van der Waals surface area contributed by atoms with Crippen LogP contribution in [-0.4, -0.2) is 34.2 Å². The summed E-state index contributed by atoms with van der Waals surface area (Å²) in [6, 6.07) is 15.9. The molecule has 2 aliphatic rings. The van der Waals surface area contributed by atoms with Crippen molar-refractivity contribution >= 4 is 35.3 Å². The number of hydrogen-bond donors (Lipinski definition) is 1. The third-order valence-corrected chi connectivity index (χ3v) is 8.69. The van der Waals surface area contributed by atoms with E-state index >= 15 is 0 Å². The van der Waals surface area contributed by atoms with E-state index in [1.807, 2.05) is 6.07 Å². The molecule has 0 unspecified atom stereocenters. The third kappa shape index (κ3) is 3.47. The molecule has 9 heteroatoms. The molecule has 0 bridgehead atoms. The number of ether oxygens (including phenoxy) is 1. The van der Waals surface area contributed by atoms with Crippen LogP contribution in [0, 0.1) is 5.41 Å². The molecule has 0 aromatic heterocycles. The van der Waals surface area contributed by atoms with Crippen molar-refractivity contribution in [3.05, 3.63) is 65.7 Å². The molecule has 164 valence electrons. The van der Waals surface area contributed by atoms with Crippen LogP contribution in [0.4, 0.5) is 13.2 Å². The van der Waals surface area contributed by atoms with Gasteiger partial charge in [-0.25, -0.2) is 0 Å². The number of benzene rings is 2. The number of methoxy groups -OCH3 is 1. The summed E-state index contributed by atoms with van der Waals surface area (Å²) in [5, 5.41) is 10.8. The van der Waals surface area contributed by atoms with Crippen molar-refractivity contribution in [2.24, 2.45) is 5.41 Å². The fraction of sp³-hybridized carbons (Fsp3) is 0.364. The van der Waals surface area contributed by atoms with Gasteiger partial charge in [0.25, 0.3) is 0 Å². The fourth-order valence-corrected chi connectivity index (χ4v) is 7.29. The molecule has 2 aromatic rings. The molecule has 4 atom stereocenters. The van der Waals surface area contributed by atoms with Crippen molar-refractivity contribution < 1.29 is 32.6 Å². The average molecular weight is 469 g/mol. The van der Waals surface area contributed by atoms with Gasteiger partial charge >= 0.3 is 11.5 Å². The summed E-state index contributed by atoms with van der Waals surface area (Å²) in [4.78, 5) is 27.2. The second-order valence-electron chi connectivity index (χ2n) is 7.58. The lowest BCUT2D eigenvalue weighted by Gasteiger charge is -2.45. The Labute approximate surface area is 185 Å². The normalized spacial score (nSPS) is 30.3. The van der Waals surface area contributed by atoms with Gasteiger partial charge in [-0.15, -0.1) is 11.8 Å². The smallest absolute Gasteiger partial charge is 0.443 e. The number of fused-ring (bicyclic) bond motifs is 1. The molecule has 1 spiro atoms. The molecule has 1 fully saturated rings. The highest BCUT2D eigenvalue weighted by Crippen LogP contribution is 2.68. The minimum atomic E-state index is -4.83. The summed E-state index contributed by atoms with van der Waals surface area (Å²) in [7, 11) is 0.968. The molecule has 4 nitrogen and oxygen atoms in total. The van der Waals surface area contributed by atoms with Crippen LogP contribution in [0.2, 0.25) is 0 Å². The number of thioether (sulfide) groups is 2. The van der Waals surface area contributed by atoms with Crippen molar-refractivity contribution in [1.29, 1.82) is 0 Å². The Morgan fingerprint density at radius 3 is 2.42 bits per heavy atom. The molecule has 0 saturated heterocycles. The highest BCUT2D eigenvalue weighted by atomic mass is 32.2. The Morgan fingerprint density at radius 2 is 1.77 bits per heavy atom. The second-order valence-corrected chi connectivity index (χ2v) is 10.1. The molecule has 31 heavy (non-hydrogen) atoms. The minimum Gasteiger partial charge on any atom is -0.468 e. The first-order valence-electron chi connectivity index (χ1n) is 9.54. The highest BCUT2D eigenvalue weighted by Gasteiger charge is 2.70. The van der Waals surface area contributed by atoms with Gasteiger partial charge in [-0.3, -0.25) is 9.59 Å². The van der Waals surface area contributed by atoms with Crippen molar-refractivity contribution in [3.8, 4) is 0 Å². The van der Waals surface area contributed by atoms with E-state index in [1.54, 1.807) is 48.5 Å². The summed E-state index contributed by atoms with van der Waals surface area (Å²) in [6.45, 7) is 0. The lowest BCUT2D eigenvalue weighted by molar-refractivity contribution is -0.150. The van der Waals surface area contributed by atoms with Gasteiger partial charge < -0.3 is 9.84 Å². The maximum atomic E-state index is 13.9. The summed E-state index contributed by atoms with van der Waals surface area (Å²) < 4.78 is 42.6. The molecule has 1 aliphatic carbocycles. The van der Waals surface area contributed by atoms with Crippen LogP contribution >= 0.6 is 23.5 Å². The number of esters is 1. The van der Waals surface area contributed by atoms with Gasteiger partial charge in [0.1, 0.15) is 0 Å². The third-order valence-electron chi connectivity index (χ3n) is 6.00. The van der Waals surface area contributed by atoms with E-state index in [0.717, 1.165) is 12.0 Å². The standard InChI is InChI=1S/C22H19F3O4S2/c1-29-19(28)21(31-22(23,24)25)12-11-20(18(21)27)16(26)14-9-5-6-10-15(14)30-17(20)13-7-3-2-4-8-13/h2-10,16-17,26H,11-12H2,1H3/t16-,17-,20+,21-/m0/s1. The van der Waals surface area contributed by atoms with E-state index in [1.165, 1.54) is 11.8 Å². The Hall–Kier alpha value is -1.97. The zero-order chi connectivity index (χ0) is 22.4. The van der Waals surface area contributed by atoms with Gasteiger partial charge in [0, 0.05) is 10.1 Å². The molecule has 1 heterocycles. The number of alkyl halides is 3. The van der Waals surface area contributed by atoms with Gasteiger partial charge in [-0.1, -0.05) is 48.5 Å². The number of aliphatic hydroxyl groups is 1. The number of ketones is 1.